The van der Waals surface area contributed by atoms with Gasteiger partial charge in [0.05, 0.1) is 21.2 Å². The summed E-state index contributed by atoms with van der Waals surface area (Å²) in [6.07, 6.45) is 4.29. The summed E-state index contributed by atoms with van der Waals surface area (Å²) >= 11 is 1.32. The van der Waals surface area contributed by atoms with Crippen LogP contribution in [0.3, 0.4) is 0 Å². The molecule has 0 aliphatic carbocycles. The molecule has 0 saturated carbocycles. The van der Waals surface area contributed by atoms with Crippen molar-refractivity contribution in [3.8, 4) is 5.69 Å². The number of ether oxygens (including phenoxy) is 1. The number of nitro benzene ring substituents is 1. The number of nitro groups is 1. The van der Waals surface area contributed by atoms with Gasteiger partial charge < -0.3 is 9.30 Å². The highest BCUT2D eigenvalue weighted by Gasteiger charge is 2.33. The Morgan fingerprint density at radius 2 is 1.94 bits per heavy atom. The predicted octanol–water partition coefficient (Wildman–Crippen LogP) is 5.03. The summed E-state index contributed by atoms with van der Waals surface area (Å²) < 4.78 is 6.96. The molecule has 2 aromatic carbocycles. The lowest BCUT2D eigenvalue weighted by atomic mass is 10.2. The summed E-state index contributed by atoms with van der Waals surface area (Å²) in [5, 5.41) is 11.8. The maximum atomic E-state index is 13.2. The van der Waals surface area contributed by atoms with E-state index in [1.54, 1.807) is 30.2 Å². The second kappa shape index (κ2) is 10.3. The van der Waals surface area contributed by atoms with E-state index in [4.69, 9.17) is 4.74 Å². The lowest BCUT2D eigenvalue weighted by molar-refractivity contribution is -0.384. The average molecular weight is 463 g/mol. The van der Waals surface area contributed by atoms with Crippen molar-refractivity contribution < 1.29 is 14.5 Å². The number of para-hydroxylation sites is 1. The van der Waals surface area contributed by atoms with Crippen LogP contribution in [0.25, 0.3) is 11.8 Å². The van der Waals surface area contributed by atoms with E-state index in [9.17, 15) is 14.9 Å². The summed E-state index contributed by atoms with van der Waals surface area (Å²) in [4.78, 5) is 30.9. The van der Waals surface area contributed by atoms with Gasteiger partial charge in [-0.05, 0) is 54.6 Å². The highest BCUT2D eigenvalue weighted by molar-refractivity contribution is 8.18. The summed E-state index contributed by atoms with van der Waals surface area (Å²) in [6, 6.07) is 19.6. The minimum atomic E-state index is -0.425. The fourth-order valence-corrected chi connectivity index (χ4v) is 4.42. The van der Waals surface area contributed by atoms with Gasteiger partial charge in [0.15, 0.2) is 5.17 Å². The van der Waals surface area contributed by atoms with Gasteiger partial charge in [-0.15, -0.1) is 0 Å². The van der Waals surface area contributed by atoms with Gasteiger partial charge in [-0.1, -0.05) is 24.3 Å². The SMILES string of the molecule is COCCCN1C(=O)/C(=C/c2cccn2-c2cccc([N+](=O)[O-])c2)SC1=Nc1ccccc1. The number of hydrogen-bond donors (Lipinski definition) is 0. The van der Waals surface area contributed by atoms with Crippen LogP contribution in [-0.2, 0) is 9.53 Å². The van der Waals surface area contributed by atoms with Crippen LogP contribution >= 0.6 is 11.8 Å². The van der Waals surface area contributed by atoms with Gasteiger partial charge in [-0.3, -0.25) is 19.8 Å². The zero-order valence-corrected chi connectivity index (χ0v) is 18.8. The van der Waals surface area contributed by atoms with E-state index in [2.05, 4.69) is 4.99 Å². The third-order valence-electron chi connectivity index (χ3n) is 4.98. The largest absolute Gasteiger partial charge is 0.385 e. The molecule has 9 heteroatoms. The van der Waals surface area contributed by atoms with E-state index in [1.807, 2.05) is 53.2 Å². The van der Waals surface area contributed by atoms with Crippen molar-refractivity contribution in [1.82, 2.24) is 9.47 Å². The Kier molecular flexibility index (Phi) is 7.01. The molecule has 0 radical (unpaired) electrons. The molecule has 168 valence electrons. The number of nitrogens with zero attached hydrogens (tertiary/aromatic N) is 4. The molecule has 0 unspecified atom stereocenters. The molecule has 1 saturated heterocycles. The molecular formula is C24H22N4O4S. The number of methoxy groups -OCH3 is 1. The second-order valence-electron chi connectivity index (χ2n) is 7.22. The zero-order chi connectivity index (χ0) is 23.2. The highest BCUT2D eigenvalue weighted by Crippen LogP contribution is 2.34. The molecule has 0 bridgehead atoms. The topological polar surface area (TPSA) is 90.0 Å². The van der Waals surface area contributed by atoms with Crippen LogP contribution in [0.5, 0.6) is 0 Å². The van der Waals surface area contributed by atoms with Crippen molar-refractivity contribution in [3.63, 3.8) is 0 Å². The van der Waals surface area contributed by atoms with Crippen molar-refractivity contribution in [2.24, 2.45) is 4.99 Å². The molecule has 2 heterocycles. The van der Waals surface area contributed by atoms with Crippen LogP contribution in [0.4, 0.5) is 11.4 Å². The predicted molar refractivity (Wildman–Crippen MR) is 130 cm³/mol. The molecule has 3 aromatic rings. The number of non-ortho nitro benzene ring substituents is 1. The van der Waals surface area contributed by atoms with Gasteiger partial charge in [0.2, 0.25) is 0 Å². The molecule has 1 aromatic heterocycles. The summed E-state index contributed by atoms with van der Waals surface area (Å²) in [5.74, 6) is -0.127. The molecule has 1 amide bonds. The van der Waals surface area contributed by atoms with Crippen LogP contribution < -0.4 is 0 Å². The first-order valence-corrected chi connectivity index (χ1v) is 11.1. The van der Waals surface area contributed by atoms with E-state index in [1.165, 1.54) is 23.9 Å². The number of carbonyl (C=O) groups is 1. The molecular weight excluding hydrogens is 440 g/mol. The number of carbonyl (C=O) groups excluding carboxylic acids is 1. The fourth-order valence-electron chi connectivity index (χ4n) is 3.41. The summed E-state index contributed by atoms with van der Waals surface area (Å²) in [5.41, 5.74) is 2.16. The molecule has 0 atom stereocenters. The van der Waals surface area contributed by atoms with Crippen molar-refractivity contribution in [1.29, 1.82) is 0 Å². The Hall–Kier alpha value is -3.69. The number of aromatic nitrogens is 1. The van der Waals surface area contributed by atoms with Crippen molar-refractivity contribution in [2.45, 2.75) is 6.42 Å². The zero-order valence-electron chi connectivity index (χ0n) is 18.0. The second-order valence-corrected chi connectivity index (χ2v) is 8.23. The standard InChI is InChI=1S/C24H22N4O4S/c1-32-15-7-14-27-23(29)22(33-24(27)25-18-8-3-2-4-9-18)17-20-12-6-13-26(20)19-10-5-11-21(16-19)28(30)31/h2-6,8-13,16-17H,7,14-15H2,1H3/b22-17-,25-24?. The number of hydrogen-bond acceptors (Lipinski definition) is 6. The van der Waals surface area contributed by atoms with Gasteiger partial charge in [-0.25, -0.2) is 4.99 Å². The molecule has 0 N–H and O–H groups in total. The maximum Gasteiger partial charge on any atom is 0.271 e. The minimum absolute atomic E-state index is 0.00715. The van der Waals surface area contributed by atoms with Gasteiger partial charge in [0.1, 0.15) is 0 Å². The summed E-state index contributed by atoms with van der Waals surface area (Å²) in [6.45, 7) is 1.04. The van der Waals surface area contributed by atoms with Crippen LogP contribution in [-0.4, -0.2) is 45.7 Å². The molecule has 1 aliphatic rings. The highest BCUT2D eigenvalue weighted by atomic mass is 32.2. The first-order valence-electron chi connectivity index (χ1n) is 10.3. The van der Waals surface area contributed by atoms with E-state index in [0.29, 0.717) is 35.3 Å². The third kappa shape index (κ3) is 5.21. The third-order valence-corrected chi connectivity index (χ3v) is 5.98. The van der Waals surface area contributed by atoms with E-state index < -0.39 is 4.92 Å². The van der Waals surface area contributed by atoms with E-state index >= 15 is 0 Å². The molecule has 1 aliphatic heterocycles. The smallest absolute Gasteiger partial charge is 0.271 e. The van der Waals surface area contributed by atoms with Crippen LogP contribution in [0.1, 0.15) is 12.1 Å². The molecule has 8 nitrogen and oxygen atoms in total. The molecule has 0 spiro atoms. The van der Waals surface area contributed by atoms with Crippen LogP contribution in [0.2, 0.25) is 0 Å². The number of amidine groups is 1. The first-order chi connectivity index (χ1) is 16.1. The van der Waals surface area contributed by atoms with Gasteiger partial charge in [-0.2, -0.15) is 0 Å². The Balaban J connectivity index is 1.67. The molecule has 4 rings (SSSR count). The monoisotopic (exact) mass is 462 g/mol. The number of aliphatic imine (C=N–C) groups is 1. The van der Waals surface area contributed by atoms with Gasteiger partial charge >= 0.3 is 0 Å². The van der Waals surface area contributed by atoms with Gasteiger partial charge in [0.25, 0.3) is 11.6 Å². The number of thioether (sulfide) groups is 1. The Morgan fingerprint density at radius 1 is 1.12 bits per heavy atom. The summed E-state index contributed by atoms with van der Waals surface area (Å²) in [7, 11) is 1.63. The van der Waals surface area contributed by atoms with Crippen molar-refractivity contribution >= 4 is 40.3 Å². The Labute approximate surface area is 195 Å². The quantitative estimate of drug-likeness (QED) is 0.203. The lowest BCUT2D eigenvalue weighted by Gasteiger charge is -2.15. The van der Waals surface area contributed by atoms with Crippen molar-refractivity contribution in [2.75, 3.05) is 20.3 Å². The van der Waals surface area contributed by atoms with E-state index in [-0.39, 0.29) is 11.6 Å². The molecule has 1 fully saturated rings. The first kappa shape index (κ1) is 22.5. The minimum Gasteiger partial charge on any atom is -0.385 e. The maximum absolute atomic E-state index is 13.2. The normalized spacial score (nSPS) is 16.2. The molecule has 33 heavy (non-hydrogen) atoms. The number of benzene rings is 2. The lowest BCUT2D eigenvalue weighted by Crippen LogP contribution is -2.30. The average Bonchev–Trinajstić information content (AvgIpc) is 3.40. The van der Waals surface area contributed by atoms with Gasteiger partial charge in [0, 0.05) is 44.3 Å². The van der Waals surface area contributed by atoms with E-state index in [0.717, 1.165) is 11.4 Å². The Morgan fingerprint density at radius 3 is 2.70 bits per heavy atom. The van der Waals surface area contributed by atoms with Crippen LogP contribution in [0, 0.1) is 10.1 Å². The fraction of sp³-hybridized carbons (Fsp3) is 0.167. The number of rotatable bonds is 8. The Bertz CT molecular complexity index is 1220. The van der Waals surface area contributed by atoms with Crippen molar-refractivity contribution in [3.05, 3.63) is 93.6 Å². The number of amides is 1. The van der Waals surface area contributed by atoms with Crippen LogP contribution in [0.15, 0.2) is 82.8 Å².